The lowest BCUT2D eigenvalue weighted by atomic mass is 9.85. The van der Waals surface area contributed by atoms with E-state index in [0.717, 1.165) is 11.1 Å². The van der Waals surface area contributed by atoms with Gasteiger partial charge in [-0.3, -0.25) is 9.78 Å². The molecule has 2 heteroatoms. The van der Waals surface area contributed by atoms with Crippen LogP contribution >= 0.6 is 0 Å². The van der Waals surface area contributed by atoms with E-state index in [2.05, 4.69) is 4.98 Å². The van der Waals surface area contributed by atoms with Crippen molar-refractivity contribution in [3.05, 3.63) is 29.1 Å². The van der Waals surface area contributed by atoms with Crippen LogP contribution in [-0.2, 0) is 0 Å². The van der Waals surface area contributed by atoms with Crippen LogP contribution in [0.3, 0.4) is 0 Å². The number of hydrogen-bond acceptors (Lipinski definition) is 2. The van der Waals surface area contributed by atoms with Gasteiger partial charge in [-0.15, -0.1) is 0 Å². The average molecular weight is 231 g/mol. The smallest absolute Gasteiger partial charge is 0.181 e. The van der Waals surface area contributed by atoms with Gasteiger partial charge in [0.25, 0.3) is 0 Å². The highest BCUT2D eigenvalue weighted by Gasteiger charge is 2.19. The van der Waals surface area contributed by atoms with Gasteiger partial charge in [0.15, 0.2) is 5.78 Å². The largest absolute Gasteiger partial charge is 0.292 e. The van der Waals surface area contributed by atoms with E-state index in [1.807, 2.05) is 19.9 Å². The van der Waals surface area contributed by atoms with Crippen molar-refractivity contribution >= 4 is 5.78 Å². The summed E-state index contributed by atoms with van der Waals surface area (Å²) in [5.41, 5.74) is 2.82. The van der Waals surface area contributed by atoms with Gasteiger partial charge < -0.3 is 0 Å². The van der Waals surface area contributed by atoms with Crippen molar-refractivity contribution < 1.29 is 4.79 Å². The SMILES string of the molecule is Cc1cnc(C(=O)CC2CCCCC2)c(C)c1. The van der Waals surface area contributed by atoms with Gasteiger partial charge >= 0.3 is 0 Å². The molecule has 0 N–H and O–H groups in total. The third-order valence-corrected chi connectivity index (χ3v) is 3.68. The predicted molar refractivity (Wildman–Crippen MR) is 69.2 cm³/mol. The normalized spacial score (nSPS) is 17.1. The molecule has 0 aromatic carbocycles. The highest BCUT2D eigenvalue weighted by molar-refractivity contribution is 5.95. The molecule has 1 saturated carbocycles. The zero-order valence-corrected chi connectivity index (χ0v) is 10.8. The Balaban J connectivity index is 2.03. The van der Waals surface area contributed by atoms with Crippen LogP contribution in [0.25, 0.3) is 0 Å². The van der Waals surface area contributed by atoms with Crippen LogP contribution in [0.15, 0.2) is 12.3 Å². The minimum atomic E-state index is 0.231. The van der Waals surface area contributed by atoms with Gasteiger partial charge in [0.05, 0.1) is 0 Å². The Morgan fingerprint density at radius 3 is 2.65 bits per heavy atom. The Bertz CT molecular complexity index is 405. The van der Waals surface area contributed by atoms with Gasteiger partial charge in [0, 0.05) is 12.6 Å². The standard InChI is InChI=1S/C15H21NO/c1-11-8-12(2)15(16-10-11)14(17)9-13-6-4-3-5-7-13/h8,10,13H,3-7,9H2,1-2H3. The van der Waals surface area contributed by atoms with Crippen molar-refractivity contribution in [2.75, 3.05) is 0 Å². The van der Waals surface area contributed by atoms with E-state index in [-0.39, 0.29) is 5.78 Å². The Kier molecular flexibility index (Phi) is 3.93. The first-order valence-electron chi connectivity index (χ1n) is 6.63. The van der Waals surface area contributed by atoms with Gasteiger partial charge in [-0.2, -0.15) is 0 Å². The lowest BCUT2D eigenvalue weighted by Crippen LogP contribution is -2.14. The summed E-state index contributed by atoms with van der Waals surface area (Å²) < 4.78 is 0. The summed E-state index contributed by atoms with van der Waals surface area (Å²) in [4.78, 5) is 16.5. The highest BCUT2D eigenvalue weighted by atomic mass is 16.1. The number of carbonyl (C=O) groups excluding carboxylic acids is 1. The van der Waals surface area contributed by atoms with E-state index >= 15 is 0 Å². The second kappa shape index (κ2) is 5.44. The summed E-state index contributed by atoms with van der Waals surface area (Å²) in [7, 11) is 0. The molecule has 1 aliphatic rings. The molecule has 0 unspecified atom stereocenters. The number of aryl methyl sites for hydroxylation is 2. The summed E-state index contributed by atoms with van der Waals surface area (Å²) in [6.45, 7) is 3.99. The van der Waals surface area contributed by atoms with Crippen LogP contribution in [0.4, 0.5) is 0 Å². The maximum Gasteiger partial charge on any atom is 0.181 e. The predicted octanol–water partition coefficient (Wildman–Crippen LogP) is 3.85. The zero-order valence-electron chi connectivity index (χ0n) is 10.8. The number of pyridine rings is 1. The van der Waals surface area contributed by atoms with Crippen molar-refractivity contribution in [1.82, 2.24) is 4.98 Å². The molecular weight excluding hydrogens is 210 g/mol. The maximum absolute atomic E-state index is 12.2. The number of hydrogen-bond donors (Lipinski definition) is 0. The van der Waals surface area contributed by atoms with Crippen molar-refractivity contribution in [2.24, 2.45) is 5.92 Å². The Morgan fingerprint density at radius 1 is 1.29 bits per heavy atom. The minimum absolute atomic E-state index is 0.231. The molecule has 0 bridgehead atoms. The van der Waals surface area contributed by atoms with Gasteiger partial charge in [0.1, 0.15) is 5.69 Å². The van der Waals surface area contributed by atoms with Crippen LogP contribution in [0.5, 0.6) is 0 Å². The molecule has 0 amide bonds. The Morgan fingerprint density at radius 2 is 2.00 bits per heavy atom. The lowest BCUT2D eigenvalue weighted by Gasteiger charge is -2.20. The quantitative estimate of drug-likeness (QED) is 0.739. The maximum atomic E-state index is 12.2. The number of carbonyl (C=O) groups is 1. The molecule has 1 aromatic heterocycles. The molecule has 1 aliphatic carbocycles. The zero-order chi connectivity index (χ0) is 12.3. The molecule has 0 saturated heterocycles. The summed E-state index contributed by atoms with van der Waals surface area (Å²) in [6.07, 6.45) is 8.84. The fraction of sp³-hybridized carbons (Fsp3) is 0.600. The van der Waals surface area contributed by atoms with Crippen molar-refractivity contribution in [1.29, 1.82) is 0 Å². The first-order valence-corrected chi connectivity index (χ1v) is 6.63. The van der Waals surface area contributed by atoms with Crippen molar-refractivity contribution in [3.8, 4) is 0 Å². The van der Waals surface area contributed by atoms with Gasteiger partial charge in [0.2, 0.25) is 0 Å². The summed E-state index contributed by atoms with van der Waals surface area (Å²) >= 11 is 0. The molecule has 0 spiro atoms. The second-order valence-corrected chi connectivity index (χ2v) is 5.31. The molecule has 2 nitrogen and oxygen atoms in total. The van der Waals surface area contributed by atoms with Crippen molar-refractivity contribution in [2.45, 2.75) is 52.4 Å². The number of ketones is 1. The third kappa shape index (κ3) is 3.15. The van der Waals surface area contributed by atoms with Crippen LogP contribution in [0, 0.1) is 19.8 Å². The molecule has 2 rings (SSSR count). The summed E-state index contributed by atoms with van der Waals surface area (Å²) in [6, 6.07) is 2.04. The number of rotatable bonds is 3. The third-order valence-electron chi connectivity index (χ3n) is 3.68. The van der Waals surface area contributed by atoms with Crippen LogP contribution in [0.1, 0.15) is 60.1 Å². The number of Topliss-reactive ketones (excluding diaryl/α,β-unsaturated/α-hetero) is 1. The molecular formula is C15H21NO. The molecule has 0 atom stereocenters. The fourth-order valence-corrected chi connectivity index (χ4v) is 2.76. The van der Waals surface area contributed by atoms with Crippen LogP contribution in [0.2, 0.25) is 0 Å². The van der Waals surface area contributed by atoms with Gasteiger partial charge in [-0.25, -0.2) is 0 Å². The fourth-order valence-electron chi connectivity index (χ4n) is 2.76. The minimum Gasteiger partial charge on any atom is -0.292 e. The second-order valence-electron chi connectivity index (χ2n) is 5.31. The van der Waals surface area contributed by atoms with E-state index in [9.17, 15) is 4.79 Å². The number of aromatic nitrogens is 1. The van der Waals surface area contributed by atoms with Gasteiger partial charge in [-0.05, 0) is 30.9 Å². The van der Waals surface area contributed by atoms with E-state index in [1.54, 1.807) is 6.20 Å². The number of nitrogens with zero attached hydrogens (tertiary/aromatic N) is 1. The first kappa shape index (κ1) is 12.3. The molecule has 1 heterocycles. The first-order chi connectivity index (χ1) is 8.16. The topological polar surface area (TPSA) is 30.0 Å². The molecule has 1 fully saturated rings. The summed E-state index contributed by atoms with van der Waals surface area (Å²) in [5.74, 6) is 0.827. The highest BCUT2D eigenvalue weighted by Crippen LogP contribution is 2.27. The molecule has 92 valence electrons. The van der Waals surface area contributed by atoms with Crippen LogP contribution in [-0.4, -0.2) is 10.8 Å². The van der Waals surface area contributed by atoms with E-state index in [0.29, 0.717) is 18.0 Å². The van der Waals surface area contributed by atoms with Crippen molar-refractivity contribution in [3.63, 3.8) is 0 Å². The summed E-state index contributed by atoms with van der Waals surface area (Å²) in [5, 5.41) is 0. The van der Waals surface area contributed by atoms with E-state index in [4.69, 9.17) is 0 Å². The van der Waals surface area contributed by atoms with E-state index < -0.39 is 0 Å². The monoisotopic (exact) mass is 231 g/mol. The Hall–Kier alpha value is -1.18. The lowest BCUT2D eigenvalue weighted by molar-refractivity contribution is 0.0944. The van der Waals surface area contributed by atoms with Gasteiger partial charge in [-0.1, -0.05) is 38.2 Å². The molecule has 0 aliphatic heterocycles. The molecule has 0 radical (unpaired) electrons. The Labute approximate surface area is 103 Å². The van der Waals surface area contributed by atoms with Crippen LogP contribution < -0.4 is 0 Å². The molecule has 17 heavy (non-hydrogen) atoms. The van der Waals surface area contributed by atoms with E-state index in [1.165, 1.54) is 32.1 Å². The average Bonchev–Trinajstić information content (AvgIpc) is 2.30. The molecule has 1 aromatic rings.